The number of rotatable bonds is 6. The molecular formula is C26H29Cl2NO5. The minimum Gasteiger partial charge on any atom is -0.506 e. The first-order valence-electron chi connectivity index (χ1n) is 11.4. The summed E-state index contributed by atoms with van der Waals surface area (Å²) in [6, 6.07) is 7.89. The number of phenols is 1. The number of carbonyl (C=O) groups excluding carboxylic acids is 2. The monoisotopic (exact) mass is 505 g/mol. The number of esters is 2. The Balaban J connectivity index is 1.53. The first kappa shape index (κ1) is 24.7. The third-order valence-corrected chi connectivity index (χ3v) is 8.51. The lowest BCUT2D eigenvalue weighted by Gasteiger charge is -2.38. The second-order valence-corrected chi connectivity index (χ2v) is 10.9. The van der Waals surface area contributed by atoms with Gasteiger partial charge in [-0.15, -0.1) is 0 Å². The predicted octanol–water partition coefficient (Wildman–Crippen LogP) is 6.61. The molecular weight excluding hydrogens is 477 g/mol. The highest BCUT2D eigenvalue weighted by atomic mass is 35.5. The van der Waals surface area contributed by atoms with Crippen LogP contribution in [0.25, 0.3) is 0 Å². The van der Waals surface area contributed by atoms with Crippen LogP contribution in [0.5, 0.6) is 11.5 Å². The van der Waals surface area contributed by atoms with Crippen molar-refractivity contribution in [3.8, 4) is 11.5 Å². The lowest BCUT2D eigenvalue weighted by molar-refractivity contribution is -0.131. The Bertz CT molecular complexity index is 1150. The summed E-state index contributed by atoms with van der Waals surface area (Å²) in [7, 11) is 0. The molecule has 6 nitrogen and oxygen atoms in total. The summed E-state index contributed by atoms with van der Waals surface area (Å²) in [5, 5.41) is 13.8. The number of benzene rings is 2. The van der Waals surface area contributed by atoms with Gasteiger partial charge in [-0.3, -0.25) is 4.79 Å². The molecule has 182 valence electrons. The first-order chi connectivity index (χ1) is 15.9. The SMILES string of the molecule is CC(=O)Oc1cc(NCc2cc(Cl)cc(Cl)c2O)ccc1C(=O)OC1CC2CCC1(C)C2(C)C. The van der Waals surface area contributed by atoms with Crippen molar-refractivity contribution < 1.29 is 24.2 Å². The van der Waals surface area contributed by atoms with Crippen molar-refractivity contribution >= 4 is 40.8 Å². The Morgan fingerprint density at radius 1 is 1.18 bits per heavy atom. The van der Waals surface area contributed by atoms with E-state index in [1.54, 1.807) is 24.3 Å². The fourth-order valence-electron chi connectivity index (χ4n) is 5.49. The second-order valence-electron chi connectivity index (χ2n) is 10.1. The molecule has 2 N–H and O–H groups in total. The summed E-state index contributed by atoms with van der Waals surface area (Å²) >= 11 is 12.0. The zero-order chi connectivity index (χ0) is 24.8. The molecule has 3 atom stereocenters. The van der Waals surface area contributed by atoms with Crippen LogP contribution < -0.4 is 10.1 Å². The quantitative estimate of drug-likeness (QED) is 0.339. The van der Waals surface area contributed by atoms with E-state index in [4.69, 9.17) is 32.7 Å². The summed E-state index contributed by atoms with van der Waals surface area (Å²) in [5.41, 5.74) is 1.31. The predicted molar refractivity (Wildman–Crippen MR) is 132 cm³/mol. The Kier molecular flexibility index (Phi) is 6.51. The molecule has 0 aromatic heterocycles. The number of carbonyl (C=O) groups is 2. The van der Waals surface area contributed by atoms with Crippen molar-refractivity contribution in [2.45, 2.75) is 59.6 Å². The van der Waals surface area contributed by atoms with Gasteiger partial charge >= 0.3 is 11.9 Å². The number of nitrogens with one attached hydrogen (secondary N) is 1. The maximum absolute atomic E-state index is 13.1. The van der Waals surface area contributed by atoms with Gasteiger partial charge in [0.1, 0.15) is 23.2 Å². The Morgan fingerprint density at radius 3 is 2.53 bits per heavy atom. The standard InChI is InChI=1S/C26H29Cl2NO5/c1-14(30)33-21-12-18(29-13-15-9-17(27)11-20(28)23(15)31)5-6-19(21)24(32)34-22-10-16-7-8-26(22,4)25(16,2)3/h5-6,9,11-12,16,22,29,31H,7-8,10,13H2,1-4H3. The number of aromatic hydroxyl groups is 1. The van der Waals surface area contributed by atoms with E-state index in [2.05, 4.69) is 26.1 Å². The van der Waals surface area contributed by atoms with Crippen LogP contribution in [0.2, 0.25) is 10.0 Å². The van der Waals surface area contributed by atoms with Crippen molar-refractivity contribution in [1.29, 1.82) is 0 Å². The van der Waals surface area contributed by atoms with Gasteiger partial charge in [0, 0.05) is 41.2 Å². The molecule has 0 heterocycles. The number of hydrogen-bond donors (Lipinski definition) is 2. The van der Waals surface area contributed by atoms with E-state index in [-0.39, 0.29) is 45.6 Å². The normalized spacial score (nSPS) is 24.6. The summed E-state index contributed by atoms with van der Waals surface area (Å²) in [4.78, 5) is 24.9. The van der Waals surface area contributed by atoms with Gasteiger partial charge in [0.25, 0.3) is 0 Å². The summed E-state index contributed by atoms with van der Waals surface area (Å²) < 4.78 is 11.3. The highest BCUT2D eigenvalue weighted by Gasteiger charge is 2.62. The largest absolute Gasteiger partial charge is 0.506 e. The third-order valence-electron chi connectivity index (χ3n) is 8.01. The molecule has 0 saturated heterocycles. The molecule has 2 aliphatic rings. The lowest BCUT2D eigenvalue weighted by atomic mass is 9.70. The van der Waals surface area contributed by atoms with Gasteiger partial charge in [0.15, 0.2) is 0 Å². The van der Waals surface area contributed by atoms with Gasteiger partial charge in [0.2, 0.25) is 0 Å². The summed E-state index contributed by atoms with van der Waals surface area (Å²) in [6.45, 7) is 8.21. The van der Waals surface area contributed by atoms with Crippen LogP contribution in [-0.4, -0.2) is 23.1 Å². The first-order valence-corrected chi connectivity index (χ1v) is 12.1. The van der Waals surface area contributed by atoms with E-state index in [1.807, 2.05) is 0 Å². The second kappa shape index (κ2) is 8.97. The van der Waals surface area contributed by atoms with Crippen LogP contribution in [0, 0.1) is 16.7 Å². The molecule has 34 heavy (non-hydrogen) atoms. The molecule has 0 aliphatic heterocycles. The maximum atomic E-state index is 13.1. The maximum Gasteiger partial charge on any atom is 0.342 e. The molecule has 8 heteroatoms. The molecule has 2 aromatic carbocycles. The van der Waals surface area contributed by atoms with Gasteiger partial charge in [-0.2, -0.15) is 0 Å². The third kappa shape index (κ3) is 4.34. The van der Waals surface area contributed by atoms with Crippen LogP contribution in [0.1, 0.15) is 62.9 Å². The number of ether oxygens (including phenoxy) is 2. The van der Waals surface area contributed by atoms with Crippen LogP contribution >= 0.6 is 23.2 Å². The Labute approximate surface area is 209 Å². The van der Waals surface area contributed by atoms with Crippen LogP contribution in [0.3, 0.4) is 0 Å². The molecule has 4 rings (SSSR count). The molecule has 2 aliphatic carbocycles. The smallest absolute Gasteiger partial charge is 0.342 e. The molecule has 0 spiro atoms. The lowest BCUT2D eigenvalue weighted by Crippen LogP contribution is -2.38. The highest BCUT2D eigenvalue weighted by Crippen LogP contribution is 2.66. The molecule has 2 saturated carbocycles. The fourth-order valence-corrected chi connectivity index (χ4v) is 6.03. The zero-order valence-corrected chi connectivity index (χ0v) is 21.2. The number of phenolic OH excluding ortho intramolecular Hbond substituents is 1. The van der Waals surface area contributed by atoms with Crippen molar-refractivity contribution in [3.63, 3.8) is 0 Å². The van der Waals surface area contributed by atoms with Gasteiger partial charge in [-0.25, -0.2) is 4.79 Å². The fraction of sp³-hybridized carbons (Fsp3) is 0.462. The molecule has 2 fully saturated rings. The summed E-state index contributed by atoms with van der Waals surface area (Å²) in [6.07, 6.45) is 2.86. The van der Waals surface area contributed by atoms with Crippen molar-refractivity contribution in [1.82, 2.24) is 0 Å². The van der Waals surface area contributed by atoms with Crippen LogP contribution in [0.15, 0.2) is 30.3 Å². The van der Waals surface area contributed by atoms with E-state index in [1.165, 1.54) is 13.0 Å². The number of fused-ring (bicyclic) bond motifs is 2. The van der Waals surface area contributed by atoms with Crippen molar-refractivity contribution in [2.24, 2.45) is 16.7 Å². The Morgan fingerprint density at radius 2 is 1.91 bits per heavy atom. The van der Waals surface area contributed by atoms with E-state index in [0.717, 1.165) is 19.3 Å². The van der Waals surface area contributed by atoms with Crippen molar-refractivity contribution in [3.05, 3.63) is 51.5 Å². The summed E-state index contributed by atoms with van der Waals surface area (Å²) in [5.74, 6) is -0.467. The van der Waals surface area contributed by atoms with Gasteiger partial charge in [-0.1, -0.05) is 44.0 Å². The topological polar surface area (TPSA) is 84.9 Å². The molecule has 0 radical (unpaired) electrons. The van der Waals surface area contributed by atoms with Gasteiger partial charge in [-0.05, 0) is 54.9 Å². The number of hydrogen-bond acceptors (Lipinski definition) is 6. The molecule has 2 aromatic rings. The van der Waals surface area contributed by atoms with Gasteiger partial charge < -0.3 is 19.9 Å². The van der Waals surface area contributed by atoms with Crippen molar-refractivity contribution in [2.75, 3.05) is 5.32 Å². The minimum atomic E-state index is -0.543. The molecule has 0 amide bonds. The van der Waals surface area contributed by atoms with Crippen LogP contribution in [-0.2, 0) is 16.1 Å². The van der Waals surface area contributed by atoms with Crippen LogP contribution in [0.4, 0.5) is 5.69 Å². The highest BCUT2D eigenvalue weighted by molar-refractivity contribution is 6.35. The van der Waals surface area contributed by atoms with E-state index in [0.29, 0.717) is 22.2 Å². The van der Waals surface area contributed by atoms with E-state index < -0.39 is 11.9 Å². The van der Waals surface area contributed by atoms with E-state index in [9.17, 15) is 14.7 Å². The average molecular weight is 506 g/mol. The Hall–Kier alpha value is -2.44. The zero-order valence-electron chi connectivity index (χ0n) is 19.7. The number of anilines is 1. The average Bonchev–Trinajstić information content (AvgIpc) is 3.08. The van der Waals surface area contributed by atoms with E-state index >= 15 is 0 Å². The number of halogens is 2. The molecule has 2 bridgehead atoms. The minimum absolute atomic E-state index is 0.0683. The molecule has 3 unspecified atom stereocenters. The van der Waals surface area contributed by atoms with Gasteiger partial charge in [0.05, 0.1) is 5.02 Å².